The summed E-state index contributed by atoms with van der Waals surface area (Å²) in [5.74, 6) is 0.00447. The number of hydrogen-bond acceptors (Lipinski definition) is 3. The standard InChI is InChI=1S/C16H24N2OS/c1-12-6-7-13(14(10-12)20-2)11-18-15(19)16(17)8-4-3-5-9-16/h6-7,10H,3-5,8-9,11,17H2,1-2H3,(H,18,19). The number of nitrogens with one attached hydrogen (secondary N) is 1. The number of hydrogen-bond donors (Lipinski definition) is 2. The first-order chi connectivity index (χ1) is 9.55. The average molecular weight is 292 g/mol. The van der Waals surface area contributed by atoms with E-state index in [9.17, 15) is 4.79 Å². The molecule has 1 aliphatic carbocycles. The van der Waals surface area contributed by atoms with E-state index in [0.717, 1.165) is 31.2 Å². The number of amides is 1. The topological polar surface area (TPSA) is 55.1 Å². The quantitative estimate of drug-likeness (QED) is 0.839. The Bertz CT molecular complexity index is 481. The van der Waals surface area contributed by atoms with Crippen LogP contribution >= 0.6 is 11.8 Å². The van der Waals surface area contributed by atoms with E-state index >= 15 is 0 Å². The molecule has 1 aromatic rings. The molecule has 0 heterocycles. The van der Waals surface area contributed by atoms with E-state index < -0.39 is 5.54 Å². The highest BCUT2D eigenvalue weighted by atomic mass is 32.2. The number of carbonyl (C=O) groups excluding carboxylic acids is 1. The van der Waals surface area contributed by atoms with Gasteiger partial charge in [0.1, 0.15) is 0 Å². The van der Waals surface area contributed by atoms with Crippen molar-refractivity contribution in [2.24, 2.45) is 5.73 Å². The summed E-state index contributed by atoms with van der Waals surface area (Å²) in [6.07, 6.45) is 6.99. The Morgan fingerprint density at radius 1 is 1.35 bits per heavy atom. The van der Waals surface area contributed by atoms with Crippen LogP contribution in [0.3, 0.4) is 0 Å². The molecule has 1 saturated carbocycles. The highest BCUT2D eigenvalue weighted by Crippen LogP contribution is 2.26. The summed E-state index contributed by atoms with van der Waals surface area (Å²) >= 11 is 1.71. The van der Waals surface area contributed by atoms with E-state index in [2.05, 4.69) is 36.7 Å². The molecule has 0 atom stereocenters. The maximum Gasteiger partial charge on any atom is 0.240 e. The predicted octanol–water partition coefficient (Wildman–Crippen LogP) is 2.99. The minimum absolute atomic E-state index is 0.00447. The van der Waals surface area contributed by atoms with Gasteiger partial charge in [0.2, 0.25) is 5.91 Å². The number of thioether (sulfide) groups is 1. The first-order valence-corrected chi connectivity index (χ1v) is 8.48. The van der Waals surface area contributed by atoms with Crippen molar-refractivity contribution in [3.05, 3.63) is 29.3 Å². The number of rotatable bonds is 4. The Labute approximate surface area is 125 Å². The molecule has 0 aromatic heterocycles. The van der Waals surface area contributed by atoms with Crippen molar-refractivity contribution in [2.75, 3.05) is 6.26 Å². The largest absolute Gasteiger partial charge is 0.350 e. The molecule has 0 radical (unpaired) electrons. The van der Waals surface area contributed by atoms with Crippen LogP contribution < -0.4 is 11.1 Å². The van der Waals surface area contributed by atoms with E-state index in [1.54, 1.807) is 11.8 Å². The van der Waals surface area contributed by atoms with Gasteiger partial charge < -0.3 is 11.1 Å². The van der Waals surface area contributed by atoms with Crippen LogP contribution in [0, 0.1) is 6.92 Å². The van der Waals surface area contributed by atoms with E-state index in [1.807, 2.05) is 0 Å². The highest BCUT2D eigenvalue weighted by Gasteiger charge is 2.34. The molecular formula is C16H24N2OS. The Hall–Kier alpha value is -1.00. The van der Waals surface area contributed by atoms with E-state index in [1.165, 1.54) is 16.9 Å². The van der Waals surface area contributed by atoms with Crippen LogP contribution in [-0.4, -0.2) is 17.7 Å². The Morgan fingerprint density at radius 2 is 2.05 bits per heavy atom. The smallest absolute Gasteiger partial charge is 0.240 e. The van der Waals surface area contributed by atoms with E-state index in [4.69, 9.17) is 5.73 Å². The molecule has 0 saturated heterocycles. The normalized spacial score (nSPS) is 17.8. The van der Waals surface area contributed by atoms with Gasteiger partial charge in [-0.2, -0.15) is 0 Å². The Balaban J connectivity index is 1.99. The van der Waals surface area contributed by atoms with Crippen molar-refractivity contribution in [1.29, 1.82) is 0 Å². The zero-order chi connectivity index (χ0) is 14.6. The van der Waals surface area contributed by atoms with Gasteiger partial charge in [-0.3, -0.25) is 4.79 Å². The molecule has 1 fully saturated rings. The lowest BCUT2D eigenvalue weighted by Crippen LogP contribution is -2.54. The highest BCUT2D eigenvalue weighted by molar-refractivity contribution is 7.98. The third-order valence-corrected chi connectivity index (χ3v) is 4.90. The van der Waals surface area contributed by atoms with Gasteiger partial charge in [0.05, 0.1) is 5.54 Å². The fourth-order valence-electron chi connectivity index (χ4n) is 2.76. The summed E-state index contributed by atoms with van der Waals surface area (Å²) in [6, 6.07) is 6.33. The minimum Gasteiger partial charge on any atom is -0.350 e. The maximum atomic E-state index is 12.3. The summed E-state index contributed by atoms with van der Waals surface area (Å²) in [6.45, 7) is 2.65. The van der Waals surface area contributed by atoms with Crippen LogP contribution in [0.15, 0.2) is 23.1 Å². The van der Waals surface area contributed by atoms with Gasteiger partial charge in [0.15, 0.2) is 0 Å². The zero-order valence-corrected chi connectivity index (χ0v) is 13.2. The van der Waals surface area contributed by atoms with Crippen molar-refractivity contribution in [2.45, 2.75) is 56.0 Å². The van der Waals surface area contributed by atoms with E-state index in [-0.39, 0.29) is 5.91 Å². The lowest BCUT2D eigenvalue weighted by Gasteiger charge is -2.31. The zero-order valence-electron chi connectivity index (χ0n) is 12.4. The van der Waals surface area contributed by atoms with Crippen LogP contribution in [0.5, 0.6) is 0 Å². The summed E-state index contributed by atoms with van der Waals surface area (Å²) in [5.41, 5.74) is 8.00. The molecule has 0 spiro atoms. The van der Waals surface area contributed by atoms with Crippen molar-refractivity contribution in [3.63, 3.8) is 0 Å². The summed E-state index contributed by atoms with van der Waals surface area (Å²) in [7, 11) is 0. The van der Waals surface area contributed by atoms with Crippen molar-refractivity contribution < 1.29 is 4.79 Å². The summed E-state index contributed by atoms with van der Waals surface area (Å²) < 4.78 is 0. The summed E-state index contributed by atoms with van der Waals surface area (Å²) in [4.78, 5) is 13.5. The summed E-state index contributed by atoms with van der Waals surface area (Å²) in [5, 5.41) is 3.03. The van der Waals surface area contributed by atoms with Gasteiger partial charge >= 0.3 is 0 Å². The third-order valence-electron chi connectivity index (χ3n) is 4.08. The molecule has 3 nitrogen and oxygen atoms in total. The van der Waals surface area contributed by atoms with Crippen LogP contribution in [-0.2, 0) is 11.3 Å². The van der Waals surface area contributed by atoms with Gasteiger partial charge in [-0.05, 0) is 43.2 Å². The Kier molecular flexibility index (Phi) is 5.11. The lowest BCUT2D eigenvalue weighted by atomic mass is 9.82. The van der Waals surface area contributed by atoms with Gasteiger partial charge in [-0.15, -0.1) is 11.8 Å². The van der Waals surface area contributed by atoms with Gasteiger partial charge in [-0.25, -0.2) is 0 Å². The molecule has 0 aliphatic heterocycles. The SMILES string of the molecule is CSc1cc(C)ccc1CNC(=O)C1(N)CCCCC1. The molecule has 0 unspecified atom stereocenters. The second kappa shape index (κ2) is 6.64. The van der Waals surface area contributed by atoms with Gasteiger partial charge in [0, 0.05) is 11.4 Å². The second-order valence-corrected chi connectivity index (χ2v) is 6.56. The average Bonchev–Trinajstić information content (AvgIpc) is 2.46. The molecule has 110 valence electrons. The van der Waals surface area contributed by atoms with Gasteiger partial charge in [-0.1, -0.05) is 31.4 Å². The number of benzene rings is 1. The fraction of sp³-hybridized carbons (Fsp3) is 0.562. The number of aryl methyl sites for hydroxylation is 1. The number of carbonyl (C=O) groups is 1. The lowest BCUT2D eigenvalue weighted by molar-refractivity contribution is -0.127. The van der Waals surface area contributed by atoms with Crippen molar-refractivity contribution in [3.8, 4) is 0 Å². The second-order valence-electron chi connectivity index (χ2n) is 5.71. The molecule has 1 aromatic carbocycles. The third kappa shape index (κ3) is 3.55. The van der Waals surface area contributed by atoms with E-state index in [0.29, 0.717) is 6.54 Å². The number of nitrogens with two attached hydrogens (primary N) is 1. The molecule has 4 heteroatoms. The molecule has 2 rings (SSSR count). The first-order valence-electron chi connectivity index (χ1n) is 7.26. The van der Waals surface area contributed by atoms with Crippen LogP contribution in [0.2, 0.25) is 0 Å². The van der Waals surface area contributed by atoms with Crippen LogP contribution in [0.4, 0.5) is 0 Å². The molecule has 1 amide bonds. The van der Waals surface area contributed by atoms with Crippen molar-refractivity contribution >= 4 is 17.7 Å². The molecule has 0 bridgehead atoms. The minimum atomic E-state index is -0.650. The maximum absolute atomic E-state index is 12.3. The van der Waals surface area contributed by atoms with Gasteiger partial charge in [0.25, 0.3) is 0 Å². The fourth-order valence-corrected chi connectivity index (χ4v) is 3.47. The van der Waals surface area contributed by atoms with Crippen LogP contribution in [0.1, 0.15) is 43.2 Å². The monoisotopic (exact) mass is 292 g/mol. The molecule has 1 aliphatic rings. The van der Waals surface area contributed by atoms with Crippen molar-refractivity contribution in [1.82, 2.24) is 5.32 Å². The Morgan fingerprint density at radius 3 is 2.70 bits per heavy atom. The van der Waals surface area contributed by atoms with Crippen LogP contribution in [0.25, 0.3) is 0 Å². The predicted molar refractivity (Wildman–Crippen MR) is 84.8 cm³/mol. The first kappa shape index (κ1) is 15.4. The molecule has 3 N–H and O–H groups in total. The molecule has 20 heavy (non-hydrogen) atoms. The molecular weight excluding hydrogens is 268 g/mol.